The number of halogens is 3. The zero-order chi connectivity index (χ0) is 26.2. The molecule has 3 rings (SSSR count). The first-order valence-corrected chi connectivity index (χ1v) is 12.0. The Morgan fingerprint density at radius 1 is 1.11 bits per heavy atom. The highest BCUT2D eigenvalue weighted by Crippen LogP contribution is 2.33. The molecule has 1 N–H and O–H groups in total. The van der Waals surface area contributed by atoms with Crippen molar-refractivity contribution in [1.29, 1.82) is 0 Å². The van der Waals surface area contributed by atoms with E-state index in [1.165, 1.54) is 26.7 Å². The Kier molecular flexibility index (Phi) is 7.60. The summed E-state index contributed by atoms with van der Waals surface area (Å²) in [6, 6.07) is 4.56. The molecule has 35 heavy (non-hydrogen) atoms. The third kappa shape index (κ3) is 6.78. The van der Waals surface area contributed by atoms with Crippen molar-refractivity contribution < 1.29 is 27.8 Å². The summed E-state index contributed by atoms with van der Waals surface area (Å²) in [7, 11) is 1.92. The van der Waals surface area contributed by atoms with E-state index in [4.69, 9.17) is 4.74 Å². The van der Waals surface area contributed by atoms with Gasteiger partial charge in [0.2, 0.25) is 0 Å². The molecule has 1 aromatic carbocycles. The van der Waals surface area contributed by atoms with E-state index in [1.54, 1.807) is 0 Å². The second-order valence-electron chi connectivity index (χ2n) is 11.1. The summed E-state index contributed by atoms with van der Waals surface area (Å²) in [5.41, 5.74) is -1.34. The summed E-state index contributed by atoms with van der Waals surface area (Å²) in [4.78, 5) is 17.6. The zero-order valence-corrected chi connectivity index (χ0v) is 21.4. The first-order chi connectivity index (χ1) is 16.1. The maximum atomic E-state index is 13.4. The Morgan fingerprint density at radius 2 is 1.74 bits per heavy atom. The molecule has 0 bridgehead atoms. The van der Waals surface area contributed by atoms with E-state index in [9.17, 15) is 23.1 Å². The third-order valence-corrected chi connectivity index (χ3v) is 6.25. The molecule has 0 aliphatic heterocycles. The molecule has 1 heterocycles. The molecule has 2 aromatic rings. The van der Waals surface area contributed by atoms with E-state index in [0.717, 1.165) is 36.7 Å². The van der Waals surface area contributed by atoms with E-state index in [1.807, 2.05) is 22.5 Å². The van der Waals surface area contributed by atoms with Crippen LogP contribution < -0.4 is 10.2 Å². The molecule has 9 heteroatoms. The van der Waals surface area contributed by atoms with E-state index < -0.39 is 23.2 Å². The number of aromatic nitrogens is 2. The summed E-state index contributed by atoms with van der Waals surface area (Å²) < 4.78 is 49.7. The quantitative estimate of drug-likeness (QED) is 0.597. The van der Waals surface area contributed by atoms with E-state index in [2.05, 4.69) is 25.8 Å². The lowest BCUT2D eigenvalue weighted by molar-refractivity contribution is -0.137. The molecule has 0 atom stereocenters. The number of carbonyl (C=O) groups is 1. The Bertz CT molecular complexity index is 1130. The lowest BCUT2D eigenvalue weighted by Crippen LogP contribution is -2.29. The fourth-order valence-corrected chi connectivity index (χ4v) is 4.44. The maximum Gasteiger partial charge on any atom is 0.416 e. The summed E-state index contributed by atoms with van der Waals surface area (Å²) in [6.45, 7) is 9.68. The van der Waals surface area contributed by atoms with Gasteiger partial charge in [0.05, 0.1) is 16.7 Å². The van der Waals surface area contributed by atoms with Gasteiger partial charge in [0.25, 0.3) is 5.91 Å². The fourth-order valence-electron chi connectivity index (χ4n) is 4.44. The Balaban J connectivity index is 2.10. The van der Waals surface area contributed by atoms with Gasteiger partial charge in [0.15, 0.2) is 5.49 Å². The van der Waals surface area contributed by atoms with Gasteiger partial charge in [-0.05, 0) is 50.8 Å². The van der Waals surface area contributed by atoms with Crippen LogP contribution in [0, 0.1) is 5.92 Å². The minimum absolute atomic E-state index is 0.0526. The van der Waals surface area contributed by atoms with Crippen molar-refractivity contribution in [3.8, 4) is 5.75 Å². The second kappa shape index (κ2) is 9.84. The van der Waals surface area contributed by atoms with Crippen LogP contribution in [0.1, 0.15) is 81.9 Å². The van der Waals surface area contributed by atoms with Crippen molar-refractivity contribution in [3.05, 3.63) is 46.6 Å². The monoisotopic (exact) mass is 495 g/mol. The number of hydrogen-bond donors (Lipinski definition) is 1. The van der Waals surface area contributed by atoms with Crippen molar-refractivity contribution in [2.45, 2.75) is 84.0 Å². The van der Waals surface area contributed by atoms with Gasteiger partial charge in [0.1, 0.15) is 12.4 Å². The van der Waals surface area contributed by atoms with Crippen LogP contribution in [0.5, 0.6) is 5.75 Å². The van der Waals surface area contributed by atoms with Crippen LogP contribution in [0.2, 0.25) is 0 Å². The fraction of sp³-hybridized carbons (Fsp3) is 0.615. The molecule has 1 aliphatic rings. The van der Waals surface area contributed by atoms with Gasteiger partial charge in [-0.2, -0.15) is 18.2 Å². The smallest absolute Gasteiger partial charge is 0.416 e. The average molecular weight is 496 g/mol. The minimum atomic E-state index is -4.63. The first kappa shape index (κ1) is 27.0. The molecule has 1 fully saturated rings. The van der Waals surface area contributed by atoms with Gasteiger partial charge in [-0.25, -0.2) is 0 Å². The Morgan fingerprint density at radius 3 is 2.29 bits per heavy atom. The summed E-state index contributed by atoms with van der Waals surface area (Å²) in [5.74, 6) is -0.416. The van der Waals surface area contributed by atoms with Crippen LogP contribution in [0.15, 0.2) is 29.3 Å². The van der Waals surface area contributed by atoms with Crippen molar-refractivity contribution in [2.24, 2.45) is 18.0 Å². The number of alkyl halides is 3. The van der Waals surface area contributed by atoms with Gasteiger partial charge in [-0.1, -0.05) is 33.6 Å². The van der Waals surface area contributed by atoms with Gasteiger partial charge >= 0.3 is 6.18 Å². The topological polar surface area (TPSA) is 68.8 Å². The number of nitrogens with zero attached hydrogens (tertiary/aromatic N) is 3. The third-order valence-electron chi connectivity index (χ3n) is 6.25. The van der Waals surface area contributed by atoms with Crippen LogP contribution in [-0.2, 0) is 25.2 Å². The molecule has 0 spiro atoms. The molecule has 1 aliphatic carbocycles. The van der Waals surface area contributed by atoms with Gasteiger partial charge < -0.3 is 9.84 Å². The lowest BCUT2D eigenvalue weighted by atomic mass is 9.92. The predicted octanol–water partition coefficient (Wildman–Crippen LogP) is 5.22. The molecule has 1 aromatic heterocycles. The van der Waals surface area contributed by atoms with Crippen LogP contribution in [0.25, 0.3) is 0 Å². The highest BCUT2D eigenvalue weighted by Gasteiger charge is 2.32. The Labute approximate surface area is 204 Å². The molecule has 1 amide bonds. The van der Waals surface area contributed by atoms with E-state index >= 15 is 0 Å². The molecule has 194 valence electrons. The average Bonchev–Trinajstić information content (AvgIpc) is 3.34. The van der Waals surface area contributed by atoms with E-state index in [0.29, 0.717) is 18.0 Å². The van der Waals surface area contributed by atoms with Crippen molar-refractivity contribution >= 4 is 5.91 Å². The van der Waals surface area contributed by atoms with E-state index in [-0.39, 0.29) is 23.3 Å². The van der Waals surface area contributed by atoms with Crippen LogP contribution in [0.3, 0.4) is 0 Å². The second-order valence-corrected chi connectivity index (χ2v) is 11.1. The maximum absolute atomic E-state index is 13.4. The van der Waals surface area contributed by atoms with Crippen molar-refractivity contribution in [2.75, 3.05) is 6.61 Å². The molecular weight excluding hydrogens is 459 g/mol. The van der Waals surface area contributed by atoms with Gasteiger partial charge in [-0.15, -0.1) is 0 Å². The predicted molar refractivity (Wildman–Crippen MR) is 127 cm³/mol. The number of aliphatic hydroxyl groups is 1. The standard InChI is InChI=1S/C26H36F3N3O3/c1-24(2,3)21-14-22(32(31(21)6)15-17-9-7-8-10-17)30-23(33)19-13-18(26(27,28)29)11-12-20(19)35-16-25(4,5)34/h11-14,17,34H,7-10,15-16H2,1-6H3/b30-22+. The largest absolute Gasteiger partial charge is 0.490 e. The molecule has 0 radical (unpaired) electrons. The summed E-state index contributed by atoms with van der Waals surface area (Å²) in [5, 5.41) is 9.99. The lowest BCUT2D eigenvalue weighted by Gasteiger charge is -2.21. The van der Waals surface area contributed by atoms with Crippen LogP contribution in [-0.4, -0.2) is 32.6 Å². The van der Waals surface area contributed by atoms with Crippen molar-refractivity contribution in [1.82, 2.24) is 9.36 Å². The highest BCUT2D eigenvalue weighted by atomic mass is 19.4. The zero-order valence-electron chi connectivity index (χ0n) is 21.4. The van der Waals surface area contributed by atoms with Crippen LogP contribution >= 0.6 is 0 Å². The minimum Gasteiger partial charge on any atom is -0.490 e. The molecule has 0 unspecified atom stereocenters. The molecule has 6 nitrogen and oxygen atoms in total. The number of carbonyl (C=O) groups excluding carboxylic acids is 1. The number of ether oxygens (including phenoxy) is 1. The Hall–Kier alpha value is -2.55. The molecular formula is C26H36F3N3O3. The van der Waals surface area contributed by atoms with Gasteiger partial charge in [0, 0.05) is 30.8 Å². The van der Waals surface area contributed by atoms with Crippen LogP contribution in [0.4, 0.5) is 13.2 Å². The normalized spacial score (nSPS) is 16.2. The number of benzene rings is 1. The number of amides is 1. The highest BCUT2D eigenvalue weighted by molar-refractivity contribution is 5.97. The summed E-state index contributed by atoms with van der Waals surface area (Å²) >= 11 is 0. The summed E-state index contributed by atoms with van der Waals surface area (Å²) in [6.07, 6.45) is -0.102. The SMILES string of the molecule is Cn1c(C(C)(C)C)c/c(=N\C(=O)c2cc(C(F)(F)F)ccc2OCC(C)(C)O)n1CC1CCCC1. The molecule has 0 saturated heterocycles. The number of rotatable bonds is 6. The first-order valence-electron chi connectivity index (χ1n) is 12.0. The van der Waals surface area contributed by atoms with Gasteiger partial charge in [-0.3, -0.25) is 14.2 Å². The molecule has 1 saturated carbocycles. The number of hydrogen-bond acceptors (Lipinski definition) is 3. The van der Waals surface area contributed by atoms with Crippen molar-refractivity contribution in [3.63, 3.8) is 0 Å².